The fourth-order valence-corrected chi connectivity index (χ4v) is 1.82. The molecule has 0 aliphatic rings. The largest absolute Gasteiger partial charge is 0.475 e. The summed E-state index contributed by atoms with van der Waals surface area (Å²) in [4.78, 5) is 10.6. The summed E-state index contributed by atoms with van der Waals surface area (Å²) in [6.07, 6.45) is 0. The van der Waals surface area contributed by atoms with Crippen LogP contribution in [0, 0.1) is 0 Å². The van der Waals surface area contributed by atoms with Gasteiger partial charge in [0.05, 0.1) is 0 Å². The van der Waals surface area contributed by atoms with Crippen LogP contribution in [0.5, 0.6) is 0 Å². The van der Waals surface area contributed by atoms with Gasteiger partial charge in [-0.1, -0.05) is 32.7 Å². The molecule has 82 valence electrons. The number of aromatic carboxylic acids is 1. The van der Waals surface area contributed by atoms with E-state index < -0.39 is 5.97 Å². The lowest BCUT2D eigenvalue weighted by atomic mass is 10.1. The molecule has 0 aliphatic heterocycles. The minimum Gasteiger partial charge on any atom is -0.475 e. The molecule has 1 aromatic heterocycles. The van der Waals surface area contributed by atoms with E-state index in [0.717, 1.165) is 4.47 Å². The van der Waals surface area contributed by atoms with Gasteiger partial charge in [0.25, 0.3) is 0 Å². The molecule has 0 atom stereocenters. The molecule has 0 radical (unpaired) electrons. The van der Waals surface area contributed by atoms with Crippen molar-refractivity contribution in [2.45, 2.75) is 0 Å². The number of benzene rings is 1. The molecule has 2 rings (SSSR count). The van der Waals surface area contributed by atoms with Gasteiger partial charge in [0.15, 0.2) is 0 Å². The fourth-order valence-electron chi connectivity index (χ4n) is 1.20. The van der Waals surface area contributed by atoms with E-state index in [1.54, 1.807) is 18.2 Å². The highest BCUT2D eigenvalue weighted by molar-refractivity contribution is 9.10. The summed E-state index contributed by atoms with van der Waals surface area (Å²) >= 11 is 9.17. The van der Waals surface area contributed by atoms with Gasteiger partial charge in [-0.05, 0) is 18.2 Å². The van der Waals surface area contributed by atoms with Gasteiger partial charge in [-0.15, -0.1) is 0 Å². The molecule has 6 heteroatoms. The molecule has 1 heterocycles. The zero-order valence-electron chi connectivity index (χ0n) is 7.78. The molecule has 2 aromatic rings. The second-order valence-corrected chi connectivity index (χ2v) is 4.30. The Bertz CT molecular complexity index is 553. The van der Waals surface area contributed by atoms with Crippen LogP contribution >= 0.6 is 27.5 Å². The van der Waals surface area contributed by atoms with E-state index in [4.69, 9.17) is 16.7 Å². The van der Waals surface area contributed by atoms with E-state index in [0.29, 0.717) is 16.3 Å². The van der Waals surface area contributed by atoms with Crippen molar-refractivity contribution in [3.8, 4) is 11.3 Å². The maximum Gasteiger partial charge on any atom is 0.374 e. The summed E-state index contributed by atoms with van der Waals surface area (Å²) in [6, 6.07) is 6.49. The van der Waals surface area contributed by atoms with Crippen molar-refractivity contribution in [1.29, 1.82) is 0 Å². The van der Waals surface area contributed by atoms with E-state index in [9.17, 15) is 4.79 Å². The number of hydrogen-bond acceptors (Lipinski definition) is 3. The van der Waals surface area contributed by atoms with Crippen molar-refractivity contribution in [2.24, 2.45) is 0 Å². The number of carbonyl (C=O) groups is 1. The number of rotatable bonds is 2. The van der Waals surface area contributed by atoms with Crippen molar-refractivity contribution in [3.63, 3.8) is 0 Å². The molecule has 0 bridgehead atoms. The van der Waals surface area contributed by atoms with Gasteiger partial charge in [0.1, 0.15) is 5.69 Å². The molecule has 16 heavy (non-hydrogen) atoms. The van der Waals surface area contributed by atoms with Gasteiger partial charge in [-0.25, -0.2) is 4.79 Å². The van der Waals surface area contributed by atoms with E-state index >= 15 is 0 Å². The first-order chi connectivity index (χ1) is 7.58. The predicted molar refractivity (Wildman–Crippen MR) is 61.6 cm³/mol. The Labute approximate surface area is 104 Å². The molecule has 1 aromatic carbocycles. The van der Waals surface area contributed by atoms with E-state index in [1.165, 1.54) is 6.07 Å². The van der Waals surface area contributed by atoms with Gasteiger partial charge in [-0.2, -0.15) is 0 Å². The third kappa shape index (κ3) is 2.10. The Morgan fingerprint density at radius 2 is 2.19 bits per heavy atom. The molecule has 0 aliphatic carbocycles. The number of carboxylic acids is 1. The first-order valence-corrected chi connectivity index (χ1v) is 5.40. The molecule has 0 unspecified atom stereocenters. The predicted octanol–water partition coefficient (Wildman–Crippen LogP) is 3.46. The Hall–Kier alpha value is -1.33. The molecule has 0 spiro atoms. The molecule has 0 amide bonds. The van der Waals surface area contributed by atoms with E-state index in [2.05, 4.69) is 25.6 Å². The van der Waals surface area contributed by atoms with Crippen LogP contribution < -0.4 is 0 Å². The molecule has 4 nitrogen and oxygen atoms in total. The van der Waals surface area contributed by atoms with Crippen molar-refractivity contribution in [3.05, 3.63) is 39.5 Å². The molecule has 0 fully saturated rings. The van der Waals surface area contributed by atoms with Crippen LogP contribution in [0.3, 0.4) is 0 Å². The number of hydrogen-bond donors (Lipinski definition) is 1. The third-order valence-electron chi connectivity index (χ3n) is 1.93. The van der Waals surface area contributed by atoms with Crippen LogP contribution in [0.4, 0.5) is 0 Å². The zero-order chi connectivity index (χ0) is 11.7. The lowest BCUT2D eigenvalue weighted by Crippen LogP contribution is -1.91. The van der Waals surface area contributed by atoms with Crippen molar-refractivity contribution in [1.82, 2.24) is 5.16 Å². The van der Waals surface area contributed by atoms with Gasteiger partial charge in [0.2, 0.25) is 5.76 Å². The zero-order valence-corrected chi connectivity index (χ0v) is 10.1. The molecule has 0 saturated heterocycles. The lowest BCUT2D eigenvalue weighted by Gasteiger charge is -1.99. The monoisotopic (exact) mass is 301 g/mol. The first kappa shape index (κ1) is 11.2. The normalized spacial score (nSPS) is 10.4. The van der Waals surface area contributed by atoms with E-state index in [-0.39, 0.29) is 5.76 Å². The highest BCUT2D eigenvalue weighted by Gasteiger charge is 2.14. The number of nitrogens with zero attached hydrogens (tertiary/aromatic N) is 1. The first-order valence-electron chi connectivity index (χ1n) is 4.23. The summed E-state index contributed by atoms with van der Waals surface area (Å²) in [5.41, 5.74) is 1.11. The molecule has 0 saturated carbocycles. The Morgan fingerprint density at radius 3 is 2.81 bits per heavy atom. The van der Waals surface area contributed by atoms with Crippen LogP contribution in [0.25, 0.3) is 11.3 Å². The highest BCUT2D eigenvalue weighted by atomic mass is 79.9. The highest BCUT2D eigenvalue weighted by Crippen LogP contribution is 2.30. The average molecular weight is 303 g/mol. The smallest absolute Gasteiger partial charge is 0.374 e. The average Bonchev–Trinajstić information content (AvgIpc) is 2.70. The molecular weight excluding hydrogens is 297 g/mol. The van der Waals surface area contributed by atoms with Gasteiger partial charge in [-0.3, -0.25) is 0 Å². The van der Waals surface area contributed by atoms with Crippen LogP contribution in [0.1, 0.15) is 10.6 Å². The maximum atomic E-state index is 10.6. The van der Waals surface area contributed by atoms with Crippen LogP contribution in [0.15, 0.2) is 33.3 Å². The SMILES string of the molecule is O=C(O)c1cc(-c2cc(Cl)ccc2Br)no1. The maximum absolute atomic E-state index is 10.6. The van der Waals surface area contributed by atoms with Crippen molar-refractivity contribution in [2.75, 3.05) is 0 Å². The second kappa shape index (κ2) is 4.27. The number of carboxylic acid groups (broad SMARTS) is 1. The molecular formula is C10H5BrClNO3. The van der Waals surface area contributed by atoms with Gasteiger partial charge >= 0.3 is 5.97 Å². The number of halogens is 2. The standard InChI is InChI=1S/C10H5BrClNO3/c11-7-2-1-5(12)3-6(7)8-4-9(10(14)15)16-13-8/h1-4H,(H,14,15). The summed E-state index contributed by atoms with van der Waals surface area (Å²) < 4.78 is 5.43. The summed E-state index contributed by atoms with van der Waals surface area (Å²) in [7, 11) is 0. The quantitative estimate of drug-likeness (QED) is 0.923. The van der Waals surface area contributed by atoms with Gasteiger partial charge in [0, 0.05) is 21.1 Å². The van der Waals surface area contributed by atoms with Crippen molar-refractivity contribution >= 4 is 33.5 Å². The van der Waals surface area contributed by atoms with Crippen LogP contribution in [-0.4, -0.2) is 16.2 Å². The van der Waals surface area contributed by atoms with Crippen molar-refractivity contribution < 1.29 is 14.4 Å². The summed E-state index contributed by atoms with van der Waals surface area (Å²) in [6.45, 7) is 0. The van der Waals surface area contributed by atoms with Crippen LogP contribution in [-0.2, 0) is 0 Å². The van der Waals surface area contributed by atoms with Gasteiger partial charge < -0.3 is 9.63 Å². The third-order valence-corrected chi connectivity index (χ3v) is 2.85. The fraction of sp³-hybridized carbons (Fsp3) is 0. The topological polar surface area (TPSA) is 63.3 Å². The Morgan fingerprint density at radius 1 is 1.44 bits per heavy atom. The second-order valence-electron chi connectivity index (χ2n) is 3.01. The number of aromatic nitrogens is 1. The Kier molecular flexibility index (Phi) is 2.98. The molecule has 1 N–H and O–H groups in total. The van der Waals surface area contributed by atoms with E-state index in [1.807, 2.05) is 0 Å². The minimum atomic E-state index is -1.16. The van der Waals surface area contributed by atoms with Crippen LogP contribution in [0.2, 0.25) is 5.02 Å². The Balaban J connectivity index is 2.50. The summed E-state index contributed by atoms with van der Waals surface area (Å²) in [5, 5.41) is 12.9. The summed E-state index contributed by atoms with van der Waals surface area (Å²) in [5.74, 6) is -1.36. The minimum absolute atomic E-state index is 0.207. The lowest BCUT2D eigenvalue weighted by molar-refractivity contribution is 0.0652.